The van der Waals surface area contributed by atoms with Gasteiger partial charge in [0.25, 0.3) is 5.79 Å². The third-order valence-corrected chi connectivity index (χ3v) is 4.28. The molecule has 1 heterocycles. The molecule has 0 N–H and O–H groups in total. The minimum atomic E-state index is -1.29. The number of cyclic esters (lactones) is 2. The summed E-state index contributed by atoms with van der Waals surface area (Å²) in [5.41, 5.74) is 2.43. The van der Waals surface area contributed by atoms with Crippen LogP contribution in [0.25, 0.3) is 6.08 Å². The van der Waals surface area contributed by atoms with Crippen molar-refractivity contribution in [1.29, 1.82) is 0 Å². The van der Waals surface area contributed by atoms with Gasteiger partial charge >= 0.3 is 11.9 Å². The lowest BCUT2D eigenvalue weighted by Gasteiger charge is -2.29. The van der Waals surface area contributed by atoms with Crippen LogP contribution < -0.4 is 9.47 Å². The van der Waals surface area contributed by atoms with Crippen molar-refractivity contribution >= 4 is 18.0 Å². The molecule has 1 fully saturated rings. The lowest BCUT2D eigenvalue weighted by Crippen LogP contribution is -2.41. The molecule has 28 heavy (non-hydrogen) atoms. The summed E-state index contributed by atoms with van der Waals surface area (Å²) in [6.07, 6.45) is 1.40. The first kappa shape index (κ1) is 19.5. The van der Waals surface area contributed by atoms with E-state index in [9.17, 15) is 9.59 Å². The van der Waals surface area contributed by atoms with Crippen molar-refractivity contribution in [1.82, 2.24) is 0 Å². The minimum absolute atomic E-state index is 0.201. The van der Waals surface area contributed by atoms with E-state index in [1.807, 2.05) is 31.2 Å². The highest BCUT2D eigenvalue weighted by Crippen LogP contribution is 2.34. The van der Waals surface area contributed by atoms with Gasteiger partial charge < -0.3 is 18.9 Å². The lowest BCUT2D eigenvalue weighted by molar-refractivity contribution is -0.222. The van der Waals surface area contributed by atoms with Gasteiger partial charge in [-0.25, -0.2) is 9.59 Å². The SMILES string of the molecule is COc1cccc(C=C2C(=O)OC(C)(C)OC2=O)c1OCc1ccccc1C. The molecule has 0 spiro atoms. The Morgan fingerprint density at radius 3 is 2.32 bits per heavy atom. The molecule has 0 amide bonds. The number of aryl methyl sites for hydroxylation is 1. The van der Waals surface area contributed by atoms with Crippen LogP contribution in [0.1, 0.15) is 30.5 Å². The van der Waals surface area contributed by atoms with E-state index in [2.05, 4.69) is 0 Å². The van der Waals surface area contributed by atoms with Gasteiger partial charge in [-0.15, -0.1) is 0 Å². The first-order valence-electron chi connectivity index (χ1n) is 8.83. The molecule has 0 aliphatic carbocycles. The van der Waals surface area contributed by atoms with Crippen LogP contribution in [0.4, 0.5) is 0 Å². The maximum atomic E-state index is 12.3. The number of esters is 2. The van der Waals surface area contributed by atoms with Crippen molar-refractivity contribution in [2.75, 3.05) is 7.11 Å². The predicted molar refractivity (Wildman–Crippen MR) is 103 cm³/mol. The summed E-state index contributed by atoms with van der Waals surface area (Å²) in [7, 11) is 1.53. The zero-order valence-electron chi connectivity index (χ0n) is 16.3. The lowest BCUT2D eigenvalue weighted by atomic mass is 10.1. The molecule has 0 radical (unpaired) electrons. The number of benzene rings is 2. The van der Waals surface area contributed by atoms with Crippen molar-refractivity contribution < 1.29 is 28.5 Å². The zero-order valence-corrected chi connectivity index (χ0v) is 16.3. The van der Waals surface area contributed by atoms with E-state index in [1.54, 1.807) is 18.2 Å². The Labute approximate surface area is 163 Å². The highest BCUT2D eigenvalue weighted by Gasteiger charge is 2.39. The largest absolute Gasteiger partial charge is 0.493 e. The first-order valence-corrected chi connectivity index (χ1v) is 8.83. The fourth-order valence-corrected chi connectivity index (χ4v) is 2.82. The van der Waals surface area contributed by atoms with Crippen LogP contribution in [0, 0.1) is 6.92 Å². The topological polar surface area (TPSA) is 71.1 Å². The second-order valence-corrected chi connectivity index (χ2v) is 6.83. The van der Waals surface area contributed by atoms with Crippen molar-refractivity contribution in [2.45, 2.75) is 33.2 Å². The van der Waals surface area contributed by atoms with E-state index in [0.717, 1.165) is 11.1 Å². The standard InChI is InChI=1S/C22H22O6/c1-14-8-5-6-9-16(14)13-26-19-15(10-7-11-18(19)25-4)12-17-20(23)27-22(2,3)28-21(17)24/h5-12H,13H2,1-4H3. The van der Waals surface area contributed by atoms with E-state index in [1.165, 1.54) is 27.0 Å². The molecular formula is C22H22O6. The second-order valence-electron chi connectivity index (χ2n) is 6.83. The number of carbonyl (C=O) groups is 2. The molecule has 1 saturated heterocycles. The average Bonchev–Trinajstić information content (AvgIpc) is 2.63. The van der Waals surface area contributed by atoms with E-state index < -0.39 is 17.7 Å². The number of para-hydroxylation sites is 1. The smallest absolute Gasteiger partial charge is 0.348 e. The van der Waals surface area contributed by atoms with Gasteiger partial charge in [0.1, 0.15) is 12.2 Å². The van der Waals surface area contributed by atoms with E-state index >= 15 is 0 Å². The maximum absolute atomic E-state index is 12.3. The molecule has 0 saturated carbocycles. The van der Waals surface area contributed by atoms with Crippen LogP contribution in [0.2, 0.25) is 0 Å². The number of hydrogen-bond acceptors (Lipinski definition) is 6. The molecule has 1 aliphatic heterocycles. The normalized spacial score (nSPS) is 15.5. The third kappa shape index (κ3) is 4.17. The summed E-state index contributed by atoms with van der Waals surface area (Å²) >= 11 is 0. The van der Waals surface area contributed by atoms with Crippen molar-refractivity contribution in [3.8, 4) is 11.5 Å². The molecule has 6 nitrogen and oxygen atoms in total. The van der Waals surface area contributed by atoms with Crippen LogP contribution in [0.5, 0.6) is 11.5 Å². The Balaban J connectivity index is 1.95. The summed E-state index contributed by atoms with van der Waals surface area (Å²) in [6, 6.07) is 13.1. The van der Waals surface area contributed by atoms with Gasteiger partial charge in [0.2, 0.25) is 0 Å². The molecule has 0 aromatic heterocycles. The highest BCUT2D eigenvalue weighted by molar-refractivity contribution is 6.19. The molecule has 2 aromatic rings. The quantitative estimate of drug-likeness (QED) is 0.445. The van der Waals surface area contributed by atoms with Gasteiger partial charge in [0.05, 0.1) is 7.11 Å². The summed E-state index contributed by atoms with van der Waals surface area (Å²) in [4.78, 5) is 24.5. The van der Waals surface area contributed by atoms with Gasteiger partial charge in [-0.05, 0) is 30.2 Å². The third-order valence-electron chi connectivity index (χ3n) is 4.28. The summed E-state index contributed by atoms with van der Waals surface area (Å²) in [6.45, 7) is 5.31. The fraction of sp³-hybridized carbons (Fsp3) is 0.273. The second kappa shape index (κ2) is 7.76. The highest BCUT2D eigenvalue weighted by atomic mass is 16.7. The Hall–Kier alpha value is -3.28. The molecule has 0 unspecified atom stereocenters. The van der Waals surface area contributed by atoms with Gasteiger partial charge in [-0.3, -0.25) is 0 Å². The molecule has 1 aliphatic rings. The number of ether oxygens (including phenoxy) is 4. The van der Waals surface area contributed by atoms with E-state index in [-0.39, 0.29) is 5.57 Å². The molecular weight excluding hydrogens is 360 g/mol. The van der Waals surface area contributed by atoms with Crippen LogP contribution in [0.3, 0.4) is 0 Å². The minimum Gasteiger partial charge on any atom is -0.493 e. The fourth-order valence-electron chi connectivity index (χ4n) is 2.82. The van der Waals surface area contributed by atoms with Crippen molar-refractivity contribution in [3.05, 3.63) is 64.7 Å². The Bertz CT molecular complexity index is 920. The average molecular weight is 382 g/mol. The molecule has 6 heteroatoms. The maximum Gasteiger partial charge on any atom is 0.348 e. The number of carbonyl (C=O) groups excluding carboxylic acids is 2. The molecule has 0 bridgehead atoms. The van der Waals surface area contributed by atoms with E-state index in [4.69, 9.17) is 18.9 Å². The monoisotopic (exact) mass is 382 g/mol. The van der Waals surface area contributed by atoms with Crippen LogP contribution in [0.15, 0.2) is 48.0 Å². The first-order chi connectivity index (χ1) is 13.3. The van der Waals surface area contributed by atoms with Crippen molar-refractivity contribution in [3.63, 3.8) is 0 Å². The van der Waals surface area contributed by atoms with Crippen LogP contribution in [-0.4, -0.2) is 24.8 Å². The Morgan fingerprint density at radius 1 is 1.00 bits per heavy atom. The molecule has 2 aromatic carbocycles. The Kier molecular flexibility index (Phi) is 5.40. The number of hydrogen-bond donors (Lipinski definition) is 0. The molecule has 0 atom stereocenters. The molecule has 146 valence electrons. The number of rotatable bonds is 5. The summed E-state index contributed by atoms with van der Waals surface area (Å²) in [5.74, 6) is -1.86. The molecule has 3 rings (SSSR count). The van der Waals surface area contributed by atoms with E-state index in [0.29, 0.717) is 23.7 Å². The number of methoxy groups -OCH3 is 1. The summed E-state index contributed by atoms with van der Waals surface area (Å²) < 4.78 is 21.7. The van der Waals surface area contributed by atoms with Crippen molar-refractivity contribution in [2.24, 2.45) is 0 Å². The van der Waals surface area contributed by atoms with Gasteiger partial charge in [0.15, 0.2) is 11.5 Å². The predicted octanol–water partition coefficient (Wildman–Crippen LogP) is 3.80. The van der Waals surface area contributed by atoms with Crippen LogP contribution in [-0.2, 0) is 25.7 Å². The van der Waals surface area contributed by atoms with Gasteiger partial charge in [-0.2, -0.15) is 0 Å². The van der Waals surface area contributed by atoms with Gasteiger partial charge in [0, 0.05) is 19.4 Å². The van der Waals surface area contributed by atoms with Crippen LogP contribution >= 0.6 is 0 Å². The van der Waals surface area contributed by atoms with Gasteiger partial charge in [-0.1, -0.05) is 36.4 Å². The Morgan fingerprint density at radius 2 is 1.68 bits per heavy atom. The summed E-state index contributed by atoms with van der Waals surface area (Å²) in [5, 5.41) is 0. The zero-order chi connectivity index (χ0) is 20.3.